The van der Waals surface area contributed by atoms with Crippen molar-refractivity contribution in [3.63, 3.8) is 0 Å². The number of rotatable bonds is 8. The van der Waals surface area contributed by atoms with Crippen molar-refractivity contribution in [2.24, 2.45) is 17.6 Å². The van der Waals surface area contributed by atoms with E-state index in [4.69, 9.17) is 10.5 Å². The number of hydrogen-bond acceptors (Lipinski definition) is 4. The number of carbonyl (C=O) groups is 1. The first-order chi connectivity index (χ1) is 10.2. The van der Waals surface area contributed by atoms with Crippen LogP contribution in [0.4, 0.5) is 0 Å². The first-order valence-electron chi connectivity index (χ1n) is 8.63. The summed E-state index contributed by atoms with van der Waals surface area (Å²) in [5, 5.41) is 0. The van der Waals surface area contributed by atoms with E-state index >= 15 is 0 Å². The Labute approximate surface area is 133 Å². The number of Topliss-reactive ketones (excluding diaryl/α,β-unsaturated/α-hetero) is 1. The van der Waals surface area contributed by atoms with Crippen LogP contribution in [0.15, 0.2) is 0 Å². The van der Waals surface area contributed by atoms with Crippen LogP contribution in [0.1, 0.15) is 58.3 Å². The second-order valence-corrected chi connectivity index (χ2v) is 7.87. The Morgan fingerprint density at radius 2 is 2.29 bits per heavy atom. The first kappa shape index (κ1) is 17.3. The van der Waals surface area contributed by atoms with Crippen molar-refractivity contribution < 1.29 is 9.53 Å². The third-order valence-electron chi connectivity index (χ3n) is 5.09. The molecule has 0 bridgehead atoms. The van der Waals surface area contributed by atoms with Gasteiger partial charge in [-0.05, 0) is 50.3 Å². The lowest BCUT2D eigenvalue weighted by molar-refractivity contribution is -0.134. The smallest absolute Gasteiger partial charge is 0.136 e. The van der Waals surface area contributed by atoms with Crippen LogP contribution in [0.3, 0.4) is 0 Å². The minimum atomic E-state index is 0.0311. The molecule has 2 aliphatic heterocycles. The summed E-state index contributed by atoms with van der Waals surface area (Å²) in [7, 11) is 0. The van der Waals surface area contributed by atoms with E-state index < -0.39 is 0 Å². The van der Waals surface area contributed by atoms with Crippen LogP contribution in [-0.2, 0) is 9.53 Å². The molecule has 122 valence electrons. The number of nitrogens with two attached hydrogens (primary N) is 1. The molecule has 0 aromatic rings. The van der Waals surface area contributed by atoms with Crippen LogP contribution in [0.2, 0.25) is 0 Å². The van der Waals surface area contributed by atoms with Gasteiger partial charge in [0, 0.05) is 24.7 Å². The van der Waals surface area contributed by atoms with E-state index in [9.17, 15) is 4.79 Å². The molecule has 4 heteroatoms. The maximum Gasteiger partial charge on any atom is 0.136 e. The number of ketones is 1. The monoisotopic (exact) mass is 313 g/mol. The molecule has 2 fully saturated rings. The van der Waals surface area contributed by atoms with Crippen LogP contribution in [0, 0.1) is 11.8 Å². The van der Waals surface area contributed by atoms with Gasteiger partial charge in [-0.3, -0.25) is 4.79 Å². The van der Waals surface area contributed by atoms with Gasteiger partial charge in [0.25, 0.3) is 0 Å². The molecule has 3 atom stereocenters. The van der Waals surface area contributed by atoms with Gasteiger partial charge in [0.2, 0.25) is 0 Å². The second-order valence-electron chi connectivity index (χ2n) is 6.76. The van der Waals surface area contributed by atoms with Gasteiger partial charge in [0.15, 0.2) is 0 Å². The molecule has 2 rings (SSSR count). The van der Waals surface area contributed by atoms with E-state index in [2.05, 4.69) is 6.92 Å². The summed E-state index contributed by atoms with van der Waals surface area (Å²) in [5.74, 6) is 3.64. The highest BCUT2D eigenvalue weighted by Crippen LogP contribution is 2.41. The zero-order valence-corrected chi connectivity index (χ0v) is 14.3. The van der Waals surface area contributed by atoms with Gasteiger partial charge in [0.05, 0.1) is 5.60 Å². The van der Waals surface area contributed by atoms with Crippen molar-refractivity contribution >= 4 is 17.5 Å². The molecule has 2 heterocycles. The number of carbonyl (C=O) groups excluding carboxylic acids is 1. The van der Waals surface area contributed by atoms with Crippen molar-refractivity contribution in [3.8, 4) is 0 Å². The van der Waals surface area contributed by atoms with Crippen molar-refractivity contribution in [2.45, 2.75) is 63.9 Å². The Hall–Kier alpha value is -0.0600. The van der Waals surface area contributed by atoms with E-state index in [1.165, 1.54) is 18.6 Å². The Morgan fingerprint density at radius 1 is 1.43 bits per heavy atom. The summed E-state index contributed by atoms with van der Waals surface area (Å²) in [6, 6.07) is 0. The van der Waals surface area contributed by atoms with Gasteiger partial charge in [-0.15, -0.1) is 0 Å². The molecule has 2 N–H and O–H groups in total. The van der Waals surface area contributed by atoms with Gasteiger partial charge in [-0.1, -0.05) is 19.8 Å². The molecule has 1 spiro atoms. The second kappa shape index (κ2) is 8.54. The maximum atomic E-state index is 12.6. The molecular weight excluding hydrogens is 282 g/mol. The van der Waals surface area contributed by atoms with Gasteiger partial charge < -0.3 is 10.5 Å². The Bertz CT molecular complexity index is 323. The van der Waals surface area contributed by atoms with Crippen LogP contribution in [0.25, 0.3) is 0 Å². The first-order valence-corrected chi connectivity index (χ1v) is 9.79. The Kier molecular flexibility index (Phi) is 7.03. The van der Waals surface area contributed by atoms with E-state index in [-0.39, 0.29) is 11.5 Å². The fourth-order valence-corrected chi connectivity index (χ4v) is 5.17. The summed E-state index contributed by atoms with van der Waals surface area (Å²) in [5.41, 5.74) is 5.71. The quantitative estimate of drug-likeness (QED) is 0.746. The highest BCUT2D eigenvalue weighted by molar-refractivity contribution is 7.99. The predicted molar refractivity (Wildman–Crippen MR) is 89.7 cm³/mol. The average molecular weight is 314 g/mol. The number of ether oxygens (including phenoxy) is 1. The zero-order chi connectivity index (χ0) is 15.1. The fourth-order valence-electron chi connectivity index (χ4n) is 3.79. The maximum absolute atomic E-state index is 12.6. The largest absolute Gasteiger partial charge is 0.374 e. The molecule has 0 saturated carbocycles. The number of hydrogen-bond donors (Lipinski definition) is 1. The predicted octanol–water partition coefficient (Wildman–Crippen LogP) is 3.40. The molecule has 0 aromatic heterocycles. The third kappa shape index (κ3) is 4.97. The zero-order valence-electron chi connectivity index (χ0n) is 13.4. The normalized spacial score (nSPS) is 30.7. The lowest BCUT2D eigenvalue weighted by Gasteiger charge is -2.37. The van der Waals surface area contributed by atoms with Crippen LogP contribution < -0.4 is 5.73 Å². The highest BCUT2D eigenvalue weighted by atomic mass is 32.2. The van der Waals surface area contributed by atoms with Crippen LogP contribution in [0.5, 0.6) is 0 Å². The third-order valence-corrected chi connectivity index (χ3v) is 6.31. The molecule has 0 aliphatic carbocycles. The Balaban J connectivity index is 1.79. The Morgan fingerprint density at radius 3 is 2.95 bits per heavy atom. The molecule has 21 heavy (non-hydrogen) atoms. The van der Waals surface area contributed by atoms with Gasteiger partial charge in [-0.25, -0.2) is 0 Å². The van der Waals surface area contributed by atoms with Crippen LogP contribution >= 0.6 is 11.8 Å². The minimum absolute atomic E-state index is 0.0311. The summed E-state index contributed by atoms with van der Waals surface area (Å²) in [6.45, 7) is 3.74. The van der Waals surface area contributed by atoms with E-state index in [1.54, 1.807) is 0 Å². The van der Waals surface area contributed by atoms with Gasteiger partial charge in [-0.2, -0.15) is 11.8 Å². The van der Waals surface area contributed by atoms with Crippen LogP contribution in [-0.4, -0.2) is 36.0 Å². The fraction of sp³-hybridized carbons (Fsp3) is 0.941. The van der Waals surface area contributed by atoms with E-state index in [1.807, 2.05) is 11.8 Å². The summed E-state index contributed by atoms with van der Waals surface area (Å²) in [6.07, 6.45) is 8.27. The lowest BCUT2D eigenvalue weighted by Crippen LogP contribution is -2.42. The molecular formula is C17H31NO2S. The molecule has 2 saturated heterocycles. The molecule has 0 radical (unpaired) electrons. The standard InChI is InChI=1S/C17H31NO2S/c1-2-3-14(6-9-18)4-5-16(19)15-7-10-20-17(12-15)8-11-21-13-17/h14-15H,2-13,18H2,1H3. The highest BCUT2D eigenvalue weighted by Gasteiger charge is 2.42. The van der Waals surface area contributed by atoms with E-state index in [0.29, 0.717) is 11.7 Å². The van der Waals surface area contributed by atoms with Crippen molar-refractivity contribution in [2.75, 3.05) is 24.7 Å². The van der Waals surface area contributed by atoms with E-state index in [0.717, 1.165) is 57.4 Å². The topological polar surface area (TPSA) is 52.3 Å². The van der Waals surface area contributed by atoms with Gasteiger partial charge in [0.1, 0.15) is 5.78 Å². The van der Waals surface area contributed by atoms with Crippen molar-refractivity contribution in [3.05, 3.63) is 0 Å². The summed E-state index contributed by atoms with van der Waals surface area (Å²) in [4.78, 5) is 12.6. The summed E-state index contributed by atoms with van der Waals surface area (Å²) < 4.78 is 6.02. The average Bonchev–Trinajstić information content (AvgIpc) is 2.92. The SMILES string of the molecule is CCCC(CCN)CCC(=O)C1CCOC2(CCSC2)C1. The molecule has 0 aromatic carbocycles. The van der Waals surface area contributed by atoms with Gasteiger partial charge >= 0.3 is 0 Å². The van der Waals surface area contributed by atoms with Crippen molar-refractivity contribution in [1.82, 2.24) is 0 Å². The minimum Gasteiger partial charge on any atom is -0.374 e. The lowest BCUT2D eigenvalue weighted by atomic mass is 9.81. The molecule has 3 unspecified atom stereocenters. The molecule has 3 nitrogen and oxygen atoms in total. The number of thioether (sulfide) groups is 1. The van der Waals surface area contributed by atoms with Crippen molar-refractivity contribution in [1.29, 1.82) is 0 Å². The summed E-state index contributed by atoms with van der Waals surface area (Å²) >= 11 is 1.97. The molecule has 0 amide bonds. The molecule has 2 aliphatic rings.